The Morgan fingerprint density at radius 1 is 1.23 bits per heavy atom. The minimum absolute atomic E-state index is 0.103. The number of carbonyl (C=O) groups is 1. The van der Waals surface area contributed by atoms with Crippen LogP contribution >= 0.6 is 11.6 Å². The van der Waals surface area contributed by atoms with Crippen molar-refractivity contribution >= 4 is 23.2 Å². The second-order valence-corrected chi connectivity index (χ2v) is 5.19. The van der Waals surface area contributed by atoms with E-state index in [0.29, 0.717) is 16.8 Å². The molecule has 1 atom stereocenters. The molecule has 0 aromatic heterocycles. The molecule has 1 N–H and O–H groups in total. The fraction of sp³-hybridized carbons (Fsp3) is 0.188. The van der Waals surface area contributed by atoms with Gasteiger partial charge in [0.2, 0.25) is 0 Å². The fourth-order valence-electron chi connectivity index (χ4n) is 1.77. The minimum atomic E-state index is -0.856. The molecule has 116 valence electrons. The molecule has 22 heavy (non-hydrogen) atoms. The second-order valence-electron chi connectivity index (χ2n) is 4.78. The molecule has 0 saturated heterocycles. The van der Waals surface area contributed by atoms with E-state index in [1.54, 1.807) is 18.2 Å². The molecule has 0 saturated carbocycles. The summed E-state index contributed by atoms with van der Waals surface area (Å²) in [6, 6.07) is 7.91. The molecule has 1 amide bonds. The van der Waals surface area contributed by atoms with Crippen LogP contribution in [0.1, 0.15) is 12.5 Å². The minimum Gasteiger partial charge on any atom is -0.481 e. The number of carbonyl (C=O) groups excluding carboxylic acids is 1. The number of hydrogen-bond donors (Lipinski definition) is 1. The van der Waals surface area contributed by atoms with Crippen molar-refractivity contribution in [3.05, 3.63) is 58.6 Å². The van der Waals surface area contributed by atoms with Gasteiger partial charge in [0, 0.05) is 11.1 Å². The van der Waals surface area contributed by atoms with Gasteiger partial charge in [-0.3, -0.25) is 4.79 Å². The number of anilines is 1. The van der Waals surface area contributed by atoms with Gasteiger partial charge in [-0.1, -0.05) is 11.6 Å². The Kier molecular flexibility index (Phi) is 4.98. The van der Waals surface area contributed by atoms with Crippen LogP contribution in [0.4, 0.5) is 14.5 Å². The van der Waals surface area contributed by atoms with Crippen LogP contribution in [0.15, 0.2) is 36.4 Å². The van der Waals surface area contributed by atoms with Crippen LogP contribution in [-0.4, -0.2) is 12.0 Å². The Morgan fingerprint density at radius 3 is 2.59 bits per heavy atom. The maximum Gasteiger partial charge on any atom is 0.265 e. The Balaban J connectivity index is 2.04. The van der Waals surface area contributed by atoms with Crippen molar-refractivity contribution in [3.8, 4) is 5.75 Å². The Bertz CT molecular complexity index is 707. The van der Waals surface area contributed by atoms with Crippen LogP contribution < -0.4 is 10.1 Å². The summed E-state index contributed by atoms with van der Waals surface area (Å²) in [4.78, 5) is 12.0. The molecule has 0 unspecified atom stereocenters. The highest BCUT2D eigenvalue weighted by Crippen LogP contribution is 2.22. The summed E-state index contributed by atoms with van der Waals surface area (Å²) in [5.41, 5.74) is 0.713. The number of halogens is 3. The molecular weight excluding hydrogens is 312 g/mol. The lowest BCUT2D eigenvalue weighted by Gasteiger charge is -2.15. The molecule has 0 fully saturated rings. The van der Waals surface area contributed by atoms with Crippen molar-refractivity contribution in [2.45, 2.75) is 20.0 Å². The summed E-state index contributed by atoms with van der Waals surface area (Å²) in [6.45, 7) is 3.34. The first-order chi connectivity index (χ1) is 10.4. The predicted molar refractivity (Wildman–Crippen MR) is 81.3 cm³/mol. The number of ether oxygens (including phenoxy) is 1. The van der Waals surface area contributed by atoms with Crippen molar-refractivity contribution in [3.63, 3.8) is 0 Å². The van der Waals surface area contributed by atoms with Crippen LogP contribution in [0.3, 0.4) is 0 Å². The van der Waals surface area contributed by atoms with Crippen LogP contribution in [0.2, 0.25) is 5.02 Å². The summed E-state index contributed by atoms with van der Waals surface area (Å²) in [7, 11) is 0. The largest absolute Gasteiger partial charge is 0.481 e. The maximum absolute atomic E-state index is 13.5. The van der Waals surface area contributed by atoms with Gasteiger partial charge in [0.25, 0.3) is 5.91 Å². The summed E-state index contributed by atoms with van der Waals surface area (Å²) < 4.78 is 31.8. The molecule has 0 aliphatic carbocycles. The van der Waals surface area contributed by atoms with E-state index in [1.165, 1.54) is 6.92 Å². The number of hydrogen-bond acceptors (Lipinski definition) is 2. The van der Waals surface area contributed by atoms with Gasteiger partial charge in [0.1, 0.15) is 17.4 Å². The molecule has 6 heteroatoms. The van der Waals surface area contributed by atoms with E-state index in [1.807, 2.05) is 6.92 Å². The number of aryl methyl sites for hydroxylation is 1. The monoisotopic (exact) mass is 325 g/mol. The van der Waals surface area contributed by atoms with Gasteiger partial charge >= 0.3 is 0 Å². The molecular formula is C16H14ClF2NO2. The molecule has 0 aliphatic heterocycles. The zero-order valence-electron chi connectivity index (χ0n) is 12.0. The highest BCUT2D eigenvalue weighted by atomic mass is 35.5. The van der Waals surface area contributed by atoms with Gasteiger partial charge in [0.05, 0.1) is 5.69 Å². The molecule has 2 rings (SSSR count). The summed E-state index contributed by atoms with van der Waals surface area (Å²) in [5.74, 6) is -1.62. The van der Waals surface area contributed by atoms with Crippen LogP contribution in [0, 0.1) is 18.6 Å². The lowest BCUT2D eigenvalue weighted by molar-refractivity contribution is -0.122. The van der Waals surface area contributed by atoms with E-state index in [-0.39, 0.29) is 5.69 Å². The van der Waals surface area contributed by atoms with Gasteiger partial charge in [0.15, 0.2) is 6.10 Å². The first-order valence-electron chi connectivity index (χ1n) is 6.55. The highest BCUT2D eigenvalue weighted by Gasteiger charge is 2.17. The van der Waals surface area contributed by atoms with Gasteiger partial charge in [-0.05, 0) is 49.7 Å². The quantitative estimate of drug-likeness (QED) is 0.908. The van der Waals surface area contributed by atoms with Crippen molar-refractivity contribution in [1.82, 2.24) is 0 Å². The van der Waals surface area contributed by atoms with E-state index in [9.17, 15) is 13.6 Å². The molecule has 2 aromatic rings. The van der Waals surface area contributed by atoms with Crippen LogP contribution in [-0.2, 0) is 4.79 Å². The van der Waals surface area contributed by atoms with Crippen LogP contribution in [0.5, 0.6) is 5.75 Å². The molecule has 3 nitrogen and oxygen atoms in total. The van der Waals surface area contributed by atoms with Gasteiger partial charge < -0.3 is 10.1 Å². The van der Waals surface area contributed by atoms with Crippen molar-refractivity contribution in [1.29, 1.82) is 0 Å². The Labute approximate surface area is 131 Å². The number of benzene rings is 2. The summed E-state index contributed by atoms with van der Waals surface area (Å²) >= 11 is 5.91. The SMILES string of the molecule is Cc1cc(O[C@@H](C)C(=O)Nc2ccc(F)cc2F)ccc1Cl. The summed E-state index contributed by atoms with van der Waals surface area (Å²) in [5, 5.41) is 2.95. The first kappa shape index (κ1) is 16.2. The molecule has 2 aromatic carbocycles. The number of amides is 1. The van der Waals surface area contributed by atoms with E-state index in [4.69, 9.17) is 16.3 Å². The van der Waals surface area contributed by atoms with Gasteiger partial charge in [-0.15, -0.1) is 0 Å². The molecule has 0 aliphatic rings. The average Bonchev–Trinajstić information content (AvgIpc) is 2.45. The van der Waals surface area contributed by atoms with E-state index in [0.717, 1.165) is 17.7 Å². The van der Waals surface area contributed by atoms with Gasteiger partial charge in [-0.25, -0.2) is 8.78 Å². The maximum atomic E-state index is 13.5. The number of rotatable bonds is 4. The predicted octanol–water partition coefficient (Wildman–Crippen LogP) is 4.33. The third-order valence-corrected chi connectivity index (χ3v) is 3.42. The second kappa shape index (κ2) is 6.75. The molecule has 0 radical (unpaired) electrons. The third-order valence-electron chi connectivity index (χ3n) is 3.00. The normalized spacial score (nSPS) is 11.9. The van der Waals surface area contributed by atoms with Gasteiger partial charge in [-0.2, -0.15) is 0 Å². The Morgan fingerprint density at radius 2 is 1.95 bits per heavy atom. The topological polar surface area (TPSA) is 38.3 Å². The van der Waals surface area contributed by atoms with E-state index < -0.39 is 23.6 Å². The standard InChI is InChI=1S/C16H14ClF2NO2/c1-9-7-12(4-5-13(9)17)22-10(2)16(21)20-15-6-3-11(18)8-14(15)19/h3-8,10H,1-2H3,(H,20,21)/t10-/m0/s1. The van der Waals surface area contributed by atoms with E-state index >= 15 is 0 Å². The fourth-order valence-corrected chi connectivity index (χ4v) is 1.89. The summed E-state index contributed by atoms with van der Waals surface area (Å²) in [6.07, 6.45) is -0.856. The van der Waals surface area contributed by atoms with Crippen molar-refractivity contribution in [2.75, 3.05) is 5.32 Å². The first-order valence-corrected chi connectivity index (χ1v) is 6.93. The lowest BCUT2D eigenvalue weighted by atomic mass is 10.2. The van der Waals surface area contributed by atoms with E-state index in [2.05, 4.69) is 5.32 Å². The number of nitrogens with one attached hydrogen (secondary N) is 1. The van der Waals surface area contributed by atoms with Crippen molar-refractivity contribution < 1.29 is 18.3 Å². The molecule has 0 heterocycles. The lowest BCUT2D eigenvalue weighted by Crippen LogP contribution is -2.30. The van der Waals surface area contributed by atoms with Crippen LogP contribution in [0.25, 0.3) is 0 Å². The average molecular weight is 326 g/mol. The van der Waals surface area contributed by atoms with Crippen molar-refractivity contribution in [2.24, 2.45) is 0 Å². The smallest absolute Gasteiger partial charge is 0.265 e. The zero-order valence-corrected chi connectivity index (χ0v) is 12.7. The highest BCUT2D eigenvalue weighted by molar-refractivity contribution is 6.31. The zero-order chi connectivity index (χ0) is 16.3. The third kappa shape index (κ3) is 3.95. The molecule has 0 bridgehead atoms. The Hall–Kier alpha value is -2.14. The molecule has 0 spiro atoms.